The Morgan fingerprint density at radius 1 is 1.06 bits per heavy atom. The molecule has 0 spiro atoms. The third kappa shape index (κ3) is 5.10. The van der Waals surface area contributed by atoms with E-state index in [0.29, 0.717) is 24.2 Å². The molecule has 7 nitrogen and oxygen atoms in total. The second-order valence-corrected chi connectivity index (χ2v) is 7.21. The highest BCUT2D eigenvalue weighted by molar-refractivity contribution is 5.89. The topological polar surface area (TPSA) is 83.0 Å². The molecule has 1 fully saturated rings. The number of nitrogens with one attached hydrogen (secondary N) is 2. The molecule has 2 aromatic heterocycles. The Balaban J connectivity index is 1.48. The predicted molar refractivity (Wildman–Crippen MR) is 109 cm³/mol. The highest BCUT2D eigenvalue weighted by atomic mass is 19.4. The average Bonchev–Trinajstić information content (AvgIpc) is 3.23. The Bertz CT molecular complexity index is 1090. The monoisotopic (exact) mass is 446 g/mol. The van der Waals surface area contributed by atoms with Crippen LogP contribution < -0.4 is 15.5 Å². The summed E-state index contributed by atoms with van der Waals surface area (Å²) in [7, 11) is 0. The molecule has 3 heterocycles. The van der Waals surface area contributed by atoms with Gasteiger partial charge in [-0.2, -0.15) is 13.2 Å². The van der Waals surface area contributed by atoms with Gasteiger partial charge in [0.05, 0.1) is 0 Å². The first kappa shape index (κ1) is 21.5. The van der Waals surface area contributed by atoms with Crippen LogP contribution in [0.5, 0.6) is 0 Å². The number of rotatable bonds is 4. The molecule has 1 aliphatic heterocycles. The smallest absolute Gasteiger partial charge is 0.354 e. The molecule has 3 aromatic rings. The summed E-state index contributed by atoms with van der Waals surface area (Å²) >= 11 is 0. The fourth-order valence-electron chi connectivity index (χ4n) is 3.34. The van der Waals surface area contributed by atoms with Crippen molar-refractivity contribution in [3.63, 3.8) is 0 Å². The lowest BCUT2D eigenvalue weighted by atomic mass is 10.2. The second kappa shape index (κ2) is 8.77. The molecule has 1 atom stereocenters. The van der Waals surface area contributed by atoms with Crippen LogP contribution in [0.4, 0.5) is 33.9 Å². The minimum absolute atomic E-state index is 0.0531. The molecule has 32 heavy (non-hydrogen) atoms. The molecule has 2 N–H and O–H groups in total. The first-order chi connectivity index (χ1) is 15.3. The van der Waals surface area contributed by atoms with Crippen molar-refractivity contribution in [3.8, 4) is 11.4 Å². The fraction of sp³-hybridized carbons (Fsp3) is 0.238. The van der Waals surface area contributed by atoms with Crippen molar-refractivity contribution in [1.29, 1.82) is 0 Å². The summed E-state index contributed by atoms with van der Waals surface area (Å²) in [5, 5.41) is 5.37. The standard InChI is InChI=1S/C21H18F4N6O/c22-14-1-3-15(4-2-14)27-20(32)28-16-7-10-31(12-16)18-11-17(21(23,24)25)29-19(30-18)13-5-8-26-9-6-13/h1-6,8-9,11,16H,7,10,12H2,(H2,27,28,32)/t16-/m0/s1. The van der Waals surface area contributed by atoms with Crippen molar-refractivity contribution in [1.82, 2.24) is 20.3 Å². The third-order valence-electron chi connectivity index (χ3n) is 4.89. The number of carbonyl (C=O) groups excluding carboxylic acids is 1. The Labute approximate surface area is 180 Å². The van der Waals surface area contributed by atoms with E-state index in [1.54, 1.807) is 4.90 Å². The van der Waals surface area contributed by atoms with Crippen molar-refractivity contribution >= 4 is 17.5 Å². The maximum Gasteiger partial charge on any atom is 0.433 e. The van der Waals surface area contributed by atoms with Gasteiger partial charge in [0.2, 0.25) is 0 Å². The van der Waals surface area contributed by atoms with Crippen LogP contribution in [0, 0.1) is 5.82 Å². The molecule has 1 aliphatic rings. The lowest BCUT2D eigenvalue weighted by Gasteiger charge is -2.20. The number of amides is 2. The van der Waals surface area contributed by atoms with E-state index in [1.807, 2.05) is 0 Å². The zero-order chi connectivity index (χ0) is 22.7. The van der Waals surface area contributed by atoms with Crippen LogP contribution in [0.1, 0.15) is 12.1 Å². The summed E-state index contributed by atoms with van der Waals surface area (Å²) in [5.74, 6) is -0.346. The quantitative estimate of drug-likeness (QED) is 0.590. The molecule has 11 heteroatoms. The molecule has 0 saturated carbocycles. The third-order valence-corrected chi connectivity index (χ3v) is 4.89. The summed E-state index contributed by atoms with van der Waals surface area (Å²) in [6, 6.07) is 8.49. The summed E-state index contributed by atoms with van der Waals surface area (Å²) in [4.78, 5) is 25.7. The number of hydrogen-bond acceptors (Lipinski definition) is 5. The van der Waals surface area contributed by atoms with Crippen LogP contribution in [-0.2, 0) is 6.18 Å². The van der Waals surface area contributed by atoms with Gasteiger partial charge in [-0.1, -0.05) is 0 Å². The number of hydrogen-bond donors (Lipinski definition) is 2. The predicted octanol–water partition coefficient (Wildman–Crippen LogP) is 4.10. The van der Waals surface area contributed by atoms with E-state index in [4.69, 9.17) is 0 Å². The van der Waals surface area contributed by atoms with Gasteiger partial charge in [-0.05, 0) is 42.8 Å². The van der Waals surface area contributed by atoms with Gasteiger partial charge in [0, 0.05) is 48.8 Å². The number of benzene rings is 1. The van der Waals surface area contributed by atoms with Crippen LogP contribution in [0.25, 0.3) is 11.4 Å². The van der Waals surface area contributed by atoms with E-state index in [0.717, 1.165) is 6.07 Å². The lowest BCUT2D eigenvalue weighted by molar-refractivity contribution is -0.141. The molecule has 0 aliphatic carbocycles. The Kier molecular flexibility index (Phi) is 5.89. The molecule has 1 aromatic carbocycles. The first-order valence-corrected chi connectivity index (χ1v) is 9.72. The lowest BCUT2D eigenvalue weighted by Crippen LogP contribution is -2.39. The highest BCUT2D eigenvalue weighted by Gasteiger charge is 2.35. The summed E-state index contributed by atoms with van der Waals surface area (Å²) in [6.07, 6.45) is -1.21. The van der Waals surface area contributed by atoms with Crippen molar-refractivity contribution in [2.75, 3.05) is 23.3 Å². The fourth-order valence-corrected chi connectivity index (χ4v) is 3.34. The van der Waals surface area contributed by atoms with Crippen LogP contribution in [-0.4, -0.2) is 40.1 Å². The van der Waals surface area contributed by atoms with Gasteiger partial charge in [-0.3, -0.25) is 4.98 Å². The number of urea groups is 1. The number of pyridine rings is 1. The minimum Gasteiger partial charge on any atom is -0.354 e. The van der Waals surface area contributed by atoms with Crippen molar-refractivity contribution in [3.05, 3.63) is 66.4 Å². The summed E-state index contributed by atoms with van der Waals surface area (Å²) < 4.78 is 53.2. The summed E-state index contributed by atoms with van der Waals surface area (Å²) in [6.45, 7) is 0.687. The molecular formula is C21H18F4N6O. The van der Waals surface area contributed by atoms with Crippen LogP contribution >= 0.6 is 0 Å². The van der Waals surface area contributed by atoms with Crippen LogP contribution in [0.2, 0.25) is 0 Å². The number of anilines is 2. The number of halogens is 4. The van der Waals surface area contributed by atoms with E-state index in [9.17, 15) is 22.4 Å². The van der Waals surface area contributed by atoms with Gasteiger partial charge in [-0.15, -0.1) is 0 Å². The van der Waals surface area contributed by atoms with Gasteiger partial charge in [-0.25, -0.2) is 19.2 Å². The highest BCUT2D eigenvalue weighted by Crippen LogP contribution is 2.32. The van der Waals surface area contributed by atoms with E-state index >= 15 is 0 Å². The van der Waals surface area contributed by atoms with E-state index in [-0.39, 0.29) is 24.2 Å². The molecule has 166 valence electrons. The SMILES string of the molecule is O=C(Nc1ccc(F)cc1)N[C@H]1CCN(c2cc(C(F)(F)F)nc(-c3ccncc3)n2)C1. The molecule has 1 saturated heterocycles. The molecule has 4 rings (SSSR count). The molecule has 0 unspecified atom stereocenters. The maximum absolute atomic E-state index is 13.4. The van der Waals surface area contributed by atoms with Gasteiger partial charge in [0.15, 0.2) is 11.5 Å². The van der Waals surface area contributed by atoms with Crippen LogP contribution in [0.3, 0.4) is 0 Å². The van der Waals surface area contributed by atoms with E-state index in [2.05, 4.69) is 25.6 Å². The molecule has 0 radical (unpaired) electrons. The Morgan fingerprint density at radius 3 is 2.47 bits per heavy atom. The van der Waals surface area contributed by atoms with E-state index in [1.165, 1.54) is 48.8 Å². The van der Waals surface area contributed by atoms with E-state index < -0.39 is 23.7 Å². The number of aromatic nitrogens is 3. The molecular weight excluding hydrogens is 428 g/mol. The zero-order valence-corrected chi connectivity index (χ0v) is 16.6. The second-order valence-electron chi connectivity index (χ2n) is 7.21. The van der Waals surface area contributed by atoms with Gasteiger partial charge < -0.3 is 15.5 Å². The van der Waals surface area contributed by atoms with Gasteiger partial charge in [0.1, 0.15) is 11.6 Å². The minimum atomic E-state index is -4.63. The Morgan fingerprint density at radius 2 is 1.78 bits per heavy atom. The van der Waals surface area contributed by atoms with Gasteiger partial charge >= 0.3 is 12.2 Å². The average molecular weight is 446 g/mol. The number of nitrogens with zero attached hydrogens (tertiary/aromatic N) is 4. The van der Waals surface area contributed by atoms with Crippen molar-refractivity contribution < 1.29 is 22.4 Å². The van der Waals surface area contributed by atoms with Crippen molar-refractivity contribution in [2.45, 2.75) is 18.6 Å². The number of alkyl halides is 3. The van der Waals surface area contributed by atoms with Crippen LogP contribution in [0.15, 0.2) is 54.9 Å². The number of carbonyl (C=O) groups is 1. The van der Waals surface area contributed by atoms with Crippen molar-refractivity contribution in [2.24, 2.45) is 0 Å². The first-order valence-electron chi connectivity index (χ1n) is 9.72. The maximum atomic E-state index is 13.4. The Hall–Kier alpha value is -3.76. The largest absolute Gasteiger partial charge is 0.433 e. The summed E-state index contributed by atoms with van der Waals surface area (Å²) in [5.41, 5.74) is -0.203. The van der Waals surface area contributed by atoms with Gasteiger partial charge in [0.25, 0.3) is 0 Å². The normalized spacial score (nSPS) is 16.1. The zero-order valence-electron chi connectivity index (χ0n) is 16.6. The molecule has 2 amide bonds. The molecule has 0 bridgehead atoms.